The lowest BCUT2D eigenvalue weighted by atomic mass is 10.3. The van der Waals surface area contributed by atoms with E-state index in [0.29, 0.717) is 19.6 Å². The number of carbonyl (C=O) groups excluding carboxylic acids is 1. The van der Waals surface area contributed by atoms with Gasteiger partial charge in [-0.15, -0.1) is 0 Å². The van der Waals surface area contributed by atoms with Crippen LogP contribution in [0.15, 0.2) is 30.3 Å². The summed E-state index contributed by atoms with van der Waals surface area (Å²) in [5.74, 6) is 0.831. The van der Waals surface area contributed by atoms with Crippen LogP contribution in [0, 0.1) is 0 Å². The quantitative estimate of drug-likeness (QED) is 0.621. The van der Waals surface area contributed by atoms with Gasteiger partial charge in [0, 0.05) is 6.42 Å². The van der Waals surface area contributed by atoms with E-state index in [4.69, 9.17) is 4.74 Å². The second-order valence-corrected chi connectivity index (χ2v) is 2.45. The predicted octanol–water partition coefficient (Wildman–Crippen LogP) is 1.54. The standard InChI is InChI=1S/C10H11O3/c11-9-12-7-4-8-13-10-5-2-1-3-6-10/h1-3,5-6H,4,7-8H2. The molecule has 1 aromatic rings. The van der Waals surface area contributed by atoms with Crippen LogP contribution in [0.25, 0.3) is 0 Å². The van der Waals surface area contributed by atoms with Gasteiger partial charge in [0.25, 0.3) is 0 Å². The molecule has 0 heterocycles. The van der Waals surface area contributed by atoms with Gasteiger partial charge in [0.2, 0.25) is 0 Å². The van der Waals surface area contributed by atoms with E-state index in [1.807, 2.05) is 30.3 Å². The third-order valence-electron chi connectivity index (χ3n) is 1.46. The van der Waals surface area contributed by atoms with Crippen molar-refractivity contribution in [1.29, 1.82) is 0 Å². The Kier molecular flexibility index (Phi) is 4.46. The summed E-state index contributed by atoms with van der Waals surface area (Å²) in [6.45, 7) is 2.27. The van der Waals surface area contributed by atoms with Crippen LogP contribution in [0.2, 0.25) is 0 Å². The van der Waals surface area contributed by atoms with Crippen LogP contribution in [0.3, 0.4) is 0 Å². The van der Waals surface area contributed by atoms with Gasteiger partial charge in [0.15, 0.2) is 0 Å². The van der Waals surface area contributed by atoms with Gasteiger partial charge in [-0.1, -0.05) is 18.2 Å². The Morgan fingerprint density at radius 3 is 2.62 bits per heavy atom. The summed E-state index contributed by atoms with van der Waals surface area (Å²) in [6, 6.07) is 9.51. The molecule has 0 aliphatic carbocycles. The molecule has 0 spiro atoms. The van der Waals surface area contributed by atoms with Gasteiger partial charge in [-0.2, -0.15) is 0 Å². The number of benzene rings is 1. The molecular formula is C10H11O3. The fourth-order valence-corrected chi connectivity index (χ4v) is 0.880. The summed E-state index contributed by atoms with van der Waals surface area (Å²) in [5, 5.41) is 0. The summed E-state index contributed by atoms with van der Waals surface area (Å²) in [4.78, 5) is 9.65. The number of hydrogen-bond donors (Lipinski definition) is 0. The summed E-state index contributed by atoms with van der Waals surface area (Å²) in [5.41, 5.74) is 0. The maximum absolute atomic E-state index is 9.65. The van der Waals surface area contributed by atoms with E-state index in [1.165, 1.54) is 6.47 Å². The molecule has 1 aromatic carbocycles. The Morgan fingerprint density at radius 2 is 1.92 bits per heavy atom. The van der Waals surface area contributed by atoms with Crippen molar-refractivity contribution in [1.82, 2.24) is 0 Å². The van der Waals surface area contributed by atoms with Crippen LogP contribution in [-0.2, 0) is 9.53 Å². The summed E-state index contributed by atoms with van der Waals surface area (Å²) in [7, 11) is 0. The van der Waals surface area contributed by atoms with Gasteiger partial charge in [0.05, 0.1) is 13.2 Å². The minimum Gasteiger partial charge on any atom is -0.493 e. The highest BCUT2D eigenvalue weighted by Crippen LogP contribution is 2.07. The lowest BCUT2D eigenvalue weighted by Gasteiger charge is -2.04. The van der Waals surface area contributed by atoms with Crippen molar-refractivity contribution in [2.75, 3.05) is 13.2 Å². The topological polar surface area (TPSA) is 35.5 Å². The molecule has 3 heteroatoms. The highest BCUT2D eigenvalue weighted by atomic mass is 16.5. The molecule has 69 valence electrons. The highest BCUT2D eigenvalue weighted by Gasteiger charge is 1.91. The van der Waals surface area contributed by atoms with E-state index in [2.05, 4.69) is 4.74 Å². The molecule has 0 amide bonds. The molecule has 1 radical (unpaired) electrons. The van der Waals surface area contributed by atoms with Crippen LogP contribution in [0.4, 0.5) is 0 Å². The summed E-state index contributed by atoms with van der Waals surface area (Å²) in [6.07, 6.45) is 0.685. The van der Waals surface area contributed by atoms with Crippen molar-refractivity contribution in [3.8, 4) is 5.75 Å². The monoisotopic (exact) mass is 179 g/mol. The fraction of sp³-hybridized carbons (Fsp3) is 0.300. The molecule has 3 nitrogen and oxygen atoms in total. The first-order valence-corrected chi connectivity index (χ1v) is 4.10. The minimum atomic E-state index is 0.357. The van der Waals surface area contributed by atoms with Gasteiger partial charge in [-0.25, -0.2) is 4.79 Å². The van der Waals surface area contributed by atoms with E-state index in [-0.39, 0.29) is 0 Å². The first-order chi connectivity index (χ1) is 6.43. The fourth-order valence-electron chi connectivity index (χ4n) is 0.880. The third-order valence-corrected chi connectivity index (χ3v) is 1.46. The average molecular weight is 179 g/mol. The van der Waals surface area contributed by atoms with Crippen LogP contribution in [0.5, 0.6) is 5.75 Å². The molecule has 0 saturated heterocycles. The molecule has 0 fully saturated rings. The molecule has 0 aromatic heterocycles. The SMILES string of the molecule is O=[C]OCCCOc1ccccc1. The van der Waals surface area contributed by atoms with E-state index in [0.717, 1.165) is 5.75 Å². The first kappa shape index (κ1) is 9.58. The average Bonchev–Trinajstić information content (AvgIpc) is 2.19. The number of hydrogen-bond acceptors (Lipinski definition) is 3. The van der Waals surface area contributed by atoms with Crippen molar-refractivity contribution in [2.45, 2.75) is 6.42 Å². The van der Waals surface area contributed by atoms with Crippen LogP contribution >= 0.6 is 0 Å². The van der Waals surface area contributed by atoms with Gasteiger partial charge >= 0.3 is 6.47 Å². The van der Waals surface area contributed by atoms with Crippen molar-refractivity contribution in [2.24, 2.45) is 0 Å². The lowest BCUT2D eigenvalue weighted by Crippen LogP contribution is -2.01. The Labute approximate surface area is 77.3 Å². The van der Waals surface area contributed by atoms with Crippen LogP contribution in [-0.4, -0.2) is 19.7 Å². The Hall–Kier alpha value is -1.51. The maximum atomic E-state index is 9.65. The van der Waals surface area contributed by atoms with Gasteiger partial charge < -0.3 is 9.47 Å². The largest absolute Gasteiger partial charge is 0.493 e. The normalized spacial score (nSPS) is 9.23. The van der Waals surface area contributed by atoms with Gasteiger partial charge in [-0.3, -0.25) is 0 Å². The van der Waals surface area contributed by atoms with Crippen LogP contribution < -0.4 is 4.74 Å². The zero-order chi connectivity index (χ0) is 9.36. The third kappa shape index (κ3) is 4.15. The van der Waals surface area contributed by atoms with Crippen molar-refractivity contribution < 1.29 is 14.3 Å². The maximum Gasteiger partial charge on any atom is 0.417 e. The molecule has 0 atom stereocenters. The molecule has 1 rings (SSSR count). The molecule has 0 bridgehead atoms. The summed E-state index contributed by atoms with van der Waals surface area (Å²) >= 11 is 0. The first-order valence-electron chi connectivity index (χ1n) is 4.10. The Bertz CT molecular complexity index is 233. The van der Waals surface area contributed by atoms with Crippen molar-refractivity contribution in [3.05, 3.63) is 30.3 Å². The lowest BCUT2D eigenvalue weighted by molar-refractivity contribution is 0.230. The van der Waals surface area contributed by atoms with E-state index in [1.54, 1.807) is 0 Å². The molecule has 13 heavy (non-hydrogen) atoms. The summed E-state index contributed by atoms with van der Waals surface area (Å²) < 4.78 is 9.73. The predicted molar refractivity (Wildman–Crippen MR) is 48.2 cm³/mol. The number of para-hydroxylation sites is 1. The minimum absolute atomic E-state index is 0.357. The zero-order valence-electron chi connectivity index (χ0n) is 7.23. The number of ether oxygens (including phenoxy) is 2. The zero-order valence-corrected chi connectivity index (χ0v) is 7.23. The second kappa shape index (κ2) is 6.06. The van der Waals surface area contributed by atoms with Crippen molar-refractivity contribution in [3.63, 3.8) is 0 Å². The molecule has 0 aliphatic rings. The van der Waals surface area contributed by atoms with E-state index >= 15 is 0 Å². The molecule has 0 saturated carbocycles. The second-order valence-electron chi connectivity index (χ2n) is 2.45. The molecule has 0 aliphatic heterocycles. The molecule has 0 N–H and O–H groups in total. The Morgan fingerprint density at radius 1 is 1.15 bits per heavy atom. The number of rotatable bonds is 6. The highest BCUT2D eigenvalue weighted by molar-refractivity contribution is 5.38. The van der Waals surface area contributed by atoms with Gasteiger partial charge in [-0.05, 0) is 12.1 Å². The van der Waals surface area contributed by atoms with E-state index < -0.39 is 0 Å². The van der Waals surface area contributed by atoms with Gasteiger partial charge in [0.1, 0.15) is 5.75 Å². The smallest absolute Gasteiger partial charge is 0.417 e. The van der Waals surface area contributed by atoms with Crippen LogP contribution in [0.1, 0.15) is 6.42 Å². The van der Waals surface area contributed by atoms with E-state index in [9.17, 15) is 4.79 Å². The molecular weight excluding hydrogens is 168 g/mol. The Balaban J connectivity index is 2.10. The molecule has 0 unspecified atom stereocenters. The van der Waals surface area contributed by atoms with Crippen molar-refractivity contribution >= 4 is 6.47 Å².